The van der Waals surface area contributed by atoms with Crippen LogP contribution in [0.1, 0.15) is 23.5 Å². The monoisotopic (exact) mass is 465 g/mol. The fraction of sp³-hybridized carbons (Fsp3) is 0.231. The third-order valence-electron chi connectivity index (χ3n) is 5.95. The second-order valence-corrected chi connectivity index (χ2v) is 8.47. The molecule has 3 aromatic carbocycles. The molecule has 4 rings (SSSR count). The summed E-state index contributed by atoms with van der Waals surface area (Å²) in [4.78, 5) is 17.5. The highest BCUT2D eigenvalue weighted by Gasteiger charge is 2.19. The maximum absolute atomic E-state index is 13.6. The number of hydrogen-bond acceptors (Lipinski definition) is 2. The lowest BCUT2D eigenvalue weighted by atomic mass is 9.94. The molecule has 0 aliphatic heterocycles. The normalized spacial score (nSPS) is 12.1. The van der Waals surface area contributed by atoms with Crippen molar-refractivity contribution in [2.75, 3.05) is 13.1 Å². The Bertz CT molecular complexity index is 1300. The summed E-state index contributed by atoms with van der Waals surface area (Å²) in [6, 6.07) is 16.3. The second-order valence-electron chi connectivity index (χ2n) is 8.47. The van der Waals surface area contributed by atoms with Crippen LogP contribution in [0.5, 0.6) is 0 Å². The number of benzene rings is 3. The van der Waals surface area contributed by atoms with E-state index in [1.807, 2.05) is 12.1 Å². The van der Waals surface area contributed by atoms with Gasteiger partial charge in [0.25, 0.3) is 5.91 Å². The Morgan fingerprint density at radius 1 is 1.00 bits per heavy atom. The number of carbonyl (C=O) groups excluding carboxylic acids is 1. The molecule has 1 heterocycles. The minimum Gasteiger partial charge on any atom is -0.358 e. The minimum atomic E-state index is -0.330. The van der Waals surface area contributed by atoms with Crippen LogP contribution in [-0.4, -0.2) is 34.6 Å². The van der Waals surface area contributed by atoms with Crippen LogP contribution in [0, 0.1) is 11.6 Å². The van der Waals surface area contributed by atoms with Gasteiger partial charge in [-0.15, -0.1) is 0 Å². The van der Waals surface area contributed by atoms with E-state index in [1.165, 1.54) is 24.3 Å². The number of hydrogen-bond donors (Lipinski definition) is 3. The lowest BCUT2D eigenvalue weighted by Crippen LogP contribution is -2.65. The predicted molar refractivity (Wildman–Crippen MR) is 128 cm³/mol. The van der Waals surface area contributed by atoms with Crippen LogP contribution in [0.3, 0.4) is 0 Å². The van der Waals surface area contributed by atoms with Crippen molar-refractivity contribution in [2.45, 2.75) is 18.9 Å². The summed E-state index contributed by atoms with van der Waals surface area (Å²) in [5, 5.41) is 2.93. The Kier molecular flexibility index (Phi) is 7.00. The van der Waals surface area contributed by atoms with Gasteiger partial charge in [0.2, 0.25) is 0 Å². The summed E-state index contributed by atoms with van der Waals surface area (Å²) in [6.45, 7) is 1.31. The van der Waals surface area contributed by atoms with Crippen LogP contribution in [0.25, 0.3) is 33.3 Å². The number of halogens is 2. The van der Waals surface area contributed by atoms with Gasteiger partial charge in [-0.05, 0) is 58.7 Å². The lowest BCUT2D eigenvalue weighted by Gasteiger charge is -2.12. The number of fused-ring (bicyclic) bond motifs is 1. The van der Waals surface area contributed by atoms with Gasteiger partial charge < -0.3 is 21.4 Å². The first-order valence-corrected chi connectivity index (χ1v) is 11.3. The summed E-state index contributed by atoms with van der Waals surface area (Å²) in [5.41, 5.74) is 12.6. The fourth-order valence-corrected chi connectivity index (χ4v) is 4.03. The summed E-state index contributed by atoms with van der Waals surface area (Å²) < 4.78 is 28.9. The first-order chi connectivity index (χ1) is 16.4. The van der Waals surface area contributed by atoms with Crippen molar-refractivity contribution >= 4 is 16.9 Å². The Morgan fingerprint density at radius 3 is 2.12 bits per heavy atom. The van der Waals surface area contributed by atoms with E-state index in [9.17, 15) is 13.6 Å². The van der Waals surface area contributed by atoms with E-state index in [0.717, 1.165) is 47.2 Å². The van der Waals surface area contributed by atoms with Gasteiger partial charge in [-0.3, -0.25) is 4.79 Å². The van der Waals surface area contributed by atoms with E-state index in [1.54, 1.807) is 35.9 Å². The molecular formula is C26H29F2N5O+2. The first-order valence-electron chi connectivity index (χ1n) is 11.3. The number of aryl methyl sites for hydroxylation is 1. The molecule has 0 bridgehead atoms. The van der Waals surface area contributed by atoms with Crippen molar-refractivity contribution < 1.29 is 25.0 Å². The molecule has 0 saturated heterocycles. The molecule has 7 N–H and O–H groups in total. The van der Waals surface area contributed by atoms with Crippen LogP contribution in [0.15, 0.2) is 60.7 Å². The summed E-state index contributed by atoms with van der Waals surface area (Å²) in [7, 11) is 1.79. The highest BCUT2D eigenvalue weighted by atomic mass is 19.1. The standard InChI is InChI=1S/C26H27F2N5O/c1-33-24-14-22(17-6-10-19(28)11-7-17)21(16-4-8-18(27)9-5-16)13-23(24)32-25(33)26(34)31-15-20(30)3-2-12-29/h4-11,13-14,20H,2-3,12,15,29-30H2,1H3,(H,31,34)/p+2/t20-/m0/s1. The zero-order chi connectivity index (χ0) is 24.2. The molecule has 0 unspecified atom stereocenters. The molecule has 0 spiro atoms. The molecule has 176 valence electrons. The van der Waals surface area contributed by atoms with Gasteiger partial charge in [-0.1, -0.05) is 24.3 Å². The summed E-state index contributed by atoms with van der Waals surface area (Å²) in [6.07, 6.45) is 1.86. The average Bonchev–Trinajstić information content (AvgIpc) is 3.17. The molecule has 1 amide bonds. The smallest absolute Gasteiger partial charge is 0.287 e. The third-order valence-corrected chi connectivity index (χ3v) is 5.95. The number of rotatable bonds is 8. The zero-order valence-corrected chi connectivity index (χ0v) is 19.2. The molecule has 1 aromatic heterocycles. The average molecular weight is 466 g/mol. The number of amides is 1. The molecule has 0 saturated carbocycles. The Morgan fingerprint density at radius 2 is 1.56 bits per heavy atom. The number of imidazole rings is 1. The van der Waals surface area contributed by atoms with Crippen molar-refractivity contribution in [3.8, 4) is 22.3 Å². The molecule has 1 atom stereocenters. The number of quaternary nitrogens is 2. The van der Waals surface area contributed by atoms with Gasteiger partial charge in [0, 0.05) is 19.9 Å². The molecule has 6 nitrogen and oxygen atoms in total. The number of nitrogens with zero attached hydrogens (tertiary/aromatic N) is 2. The van der Waals surface area contributed by atoms with Crippen LogP contribution < -0.4 is 16.8 Å². The van der Waals surface area contributed by atoms with E-state index in [0.29, 0.717) is 17.9 Å². The maximum atomic E-state index is 13.6. The van der Waals surface area contributed by atoms with Gasteiger partial charge in [0.1, 0.15) is 17.7 Å². The van der Waals surface area contributed by atoms with E-state index < -0.39 is 0 Å². The van der Waals surface area contributed by atoms with E-state index in [2.05, 4.69) is 21.8 Å². The topological polar surface area (TPSA) is 102 Å². The van der Waals surface area contributed by atoms with Crippen LogP contribution in [0.4, 0.5) is 8.78 Å². The van der Waals surface area contributed by atoms with Crippen molar-refractivity contribution in [1.29, 1.82) is 0 Å². The van der Waals surface area contributed by atoms with Gasteiger partial charge in [0.15, 0.2) is 5.82 Å². The Hall–Kier alpha value is -3.62. The molecule has 0 fully saturated rings. The van der Waals surface area contributed by atoms with Gasteiger partial charge in [-0.25, -0.2) is 13.8 Å². The molecule has 4 aromatic rings. The van der Waals surface area contributed by atoms with E-state index in [4.69, 9.17) is 0 Å². The largest absolute Gasteiger partial charge is 0.358 e. The van der Waals surface area contributed by atoms with Crippen molar-refractivity contribution in [1.82, 2.24) is 14.9 Å². The predicted octanol–water partition coefficient (Wildman–Crippen LogP) is 2.55. The van der Waals surface area contributed by atoms with E-state index in [-0.39, 0.29) is 23.6 Å². The molecule has 34 heavy (non-hydrogen) atoms. The summed E-state index contributed by atoms with van der Waals surface area (Å²) in [5.74, 6) is -0.634. The summed E-state index contributed by atoms with van der Waals surface area (Å²) >= 11 is 0. The third kappa shape index (κ3) is 4.98. The second kappa shape index (κ2) is 10.1. The van der Waals surface area contributed by atoms with Crippen LogP contribution >= 0.6 is 0 Å². The highest BCUT2D eigenvalue weighted by Crippen LogP contribution is 2.36. The van der Waals surface area contributed by atoms with Crippen LogP contribution in [0.2, 0.25) is 0 Å². The fourth-order valence-electron chi connectivity index (χ4n) is 4.03. The molecule has 0 radical (unpaired) electrons. The van der Waals surface area contributed by atoms with Crippen molar-refractivity contribution in [3.63, 3.8) is 0 Å². The van der Waals surface area contributed by atoms with Gasteiger partial charge in [0.05, 0.1) is 24.1 Å². The maximum Gasteiger partial charge on any atom is 0.287 e. The Labute approximate surface area is 196 Å². The van der Waals surface area contributed by atoms with Crippen molar-refractivity contribution in [3.05, 3.63) is 78.1 Å². The van der Waals surface area contributed by atoms with Gasteiger partial charge in [-0.2, -0.15) is 0 Å². The molecule has 8 heteroatoms. The quantitative estimate of drug-likeness (QED) is 0.372. The van der Waals surface area contributed by atoms with Gasteiger partial charge >= 0.3 is 0 Å². The first kappa shape index (κ1) is 23.5. The number of carbonyl (C=O) groups is 1. The van der Waals surface area contributed by atoms with E-state index >= 15 is 0 Å². The van der Waals surface area contributed by atoms with Crippen LogP contribution in [-0.2, 0) is 7.05 Å². The highest BCUT2D eigenvalue weighted by molar-refractivity contribution is 5.98. The molecule has 0 aliphatic carbocycles. The zero-order valence-electron chi connectivity index (χ0n) is 19.2. The van der Waals surface area contributed by atoms with Crippen molar-refractivity contribution in [2.24, 2.45) is 7.05 Å². The number of aromatic nitrogens is 2. The Balaban J connectivity index is 1.75. The lowest BCUT2D eigenvalue weighted by molar-refractivity contribution is -0.423. The number of nitrogens with one attached hydrogen (secondary N) is 1. The SMILES string of the molecule is Cn1c(C(=O)NC[C@@H]([NH3+])CCC[NH3+])nc2cc(-c3ccc(F)cc3)c(-c3ccc(F)cc3)cc21. The molecular weight excluding hydrogens is 436 g/mol. The molecule has 0 aliphatic rings. The minimum absolute atomic E-state index is 0.107.